The molecule has 1 atom stereocenters. The molecular weight excluding hydrogens is 290 g/mol. The monoisotopic (exact) mass is 321 g/mol. The quantitative estimate of drug-likeness (QED) is 0.720. The molecule has 4 nitrogen and oxygen atoms in total. The van der Waals surface area contributed by atoms with Crippen LogP contribution in [0.15, 0.2) is 24.3 Å². The number of aliphatic hydroxyl groups excluding tert-OH is 1. The number of Topliss-reactive ketones (excluding diaryl/α,β-unsaturated/α-hetero) is 1. The largest absolute Gasteiger partial charge is 0.491 e. The highest BCUT2D eigenvalue weighted by molar-refractivity contribution is 5.94. The van der Waals surface area contributed by atoms with Crippen LogP contribution in [-0.4, -0.2) is 35.7 Å². The Kier molecular flexibility index (Phi) is 6.78. The molecule has 0 aromatic heterocycles. The van der Waals surface area contributed by atoms with E-state index in [0.29, 0.717) is 17.9 Å². The molecule has 0 heterocycles. The predicted molar refractivity (Wildman–Crippen MR) is 94.1 cm³/mol. The van der Waals surface area contributed by atoms with Crippen molar-refractivity contribution in [1.82, 2.24) is 5.32 Å². The van der Waals surface area contributed by atoms with Crippen LogP contribution in [0.1, 0.15) is 58.3 Å². The number of carbonyl (C=O) groups excluding carboxylic acids is 1. The van der Waals surface area contributed by atoms with Gasteiger partial charge in [-0.3, -0.25) is 4.79 Å². The van der Waals surface area contributed by atoms with Gasteiger partial charge in [0, 0.05) is 17.6 Å². The molecule has 0 aliphatic carbocycles. The van der Waals surface area contributed by atoms with Crippen LogP contribution in [-0.2, 0) is 0 Å². The van der Waals surface area contributed by atoms with E-state index >= 15 is 0 Å². The van der Waals surface area contributed by atoms with Gasteiger partial charge in [0.1, 0.15) is 18.5 Å². The Labute approximate surface area is 140 Å². The van der Waals surface area contributed by atoms with Crippen molar-refractivity contribution in [2.45, 2.75) is 59.6 Å². The maximum Gasteiger partial charge on any atom is 0.159 e. The van der Waals surface area contributed by atoms with Crippen LogP contribution < -0.4 is 10.1 Å². The van der Waals surface area contributed by atoms with E-state index in [1.165, 1.54) is 6.92 Å². The zero-order valence-corrected chi connectivity index (χ0v) is 15.3. The molecule has 0 fully saturated rings. The second-order valence-corrected chi connectivity index (χ2v) is 8.05. The zero-order valence-electron chi connectivity index (χ0n) is 15.3. The van der Waals surface area contributed by atoms with E-state index in [2.05, 4.69) is 39.9 Å². The summed E-state index contributed by atoms with van der Waals surface area (Å²) < 4.78 is 5.58. The number of nitrogens with one attached hydrogen (secondary N) is 1. The Morgan fingerprint density at radius 1 is 1.26 bits per heavy atom. The molecule has 0 radical (unpaired) electrons. The Hall–Kier alpha value is -1.39. The molecule has 0 saturated carbocycles. The van der Waals surface area contributed by atoms with Crippen LogP contribution in [0.25, 0.3) is 0 Å². The van der Waals surface area contributed by atoms with Gasteiger partial charge in [0.25, 0.3) is 0 Å². The van der Waals surface area contributed by atoms with E-state index in [1.54, 1.807) is 24.3 Å². The number of ketones is 1. The van der Waals surface area contributed by atoms with Crippen LogP contribution in [0.3, 0.4) is 0 Å². The fraction of sp³-hybridized carbons (Fsp3) is 0.632. The lowest BCUT2D eigenvalue weighted by Crippen LogP contribution is -2.46. The summed E-state index contributed by atoms with van der Waals surface area (Å²) in [4.78, 5) is 11.3. The molecule has 2 N–H and O–H groups in total. The molecule has 1 aromatic carbocycles. The second-order valence-electron chi connectivity index (χ2n) is 8.05. The third-order valence-electron chi connectivity index (χ3n) is 3.47. The summed E-state index contributed by atoms with van der Waals surface area (Å²) in [5.74, 6) is 0.604. The summed E-state index contributed by atoms with van der Waals surface area (Å²) in [5.41, 5.74) is 0.792. The SMILES string of the molecule is CC(=O)c1cccc(OCC(O)CNC(C)(C)CC(C)(C)C)c1. The van der Waals surface area contributed by atoms with Gasteiger partial charge in [0.15, 0.2) is 5.78 Å². The Morgan fingerprint density at radius 2 is 1.91 bits per heavy atom. The van der Waals surface area contributed by atoms with E-state index in [-0.39, 0.29) is 23.3 Å². The molecular formula is C19H31NO3. The molecule has 0 bridgehead atoms. The van der Waals surface area contributed by atoms with E-state index in [1.807, 2.05) is 0 Å². The van der Waals surface area contributed by atoms with Gasteiger partial charge in [-0.15, -0.1) is 0 Å². The number of hydrogen-bond donors (Lipinski definition) is 2. The first-order valence-corrected chi connectivity index (χ1v) is 8.15. The van der Waals surface area contributed by atoms with Gasteiger partial charge in [-0.25, -0.2) is 0 Å². The molecule has 0 aliphatic rings. The molecule has 0 amide bonds. The molecule has 0 aliphatic heterocycles. The van der Waals surface area contributed by atoms with Crippen LogP contribution >= 0.6 is 0 Å². The predicted octanol–water partition coefficient (Wildman–Crippen LogP) is 3.43. The van der Waals surface area contributed by atoms with Crippen molar-refractivity contribution in [1.29, 1.82) is 0 Å². The van der Waals surface area contributed by atoms with Gasteiger partial charge in [-0.05, 0) is 44.7 Å². The van der Waals surface area contributed by atoms with Gasteiger partial charge < -0.3 is 15.2 Å². The second kappa shape index (κ2) is 7.93. The van der Waals surface area contributed by atoms with Crippen molar-refractivity contribution in [3.05, 3.63) is 29.8 Å². The topological polar surface area (TPSA) is 58.6 Å². The Bertz CT molecular complexity index is 518. The molecule has 23 heavy (non-hydrogen) atoms. The average molecular weight is 321 g/mol. The van der Waals surface area contributed by atoms with Crippen molar-refractivity contribution < 1.29 is 14.6 Å². The highest BCUT2D eigenvalue weighted by atomic mass is 16.5. The van der Waals surface area contributed by atoms with Gasteiger partial charge in [-0.2, -0.15) is 0 Å². The van der Waals surface area contributed by atoms with Gasteiger partial charge in [0.05, 0.1) is 0 Å². The van der Waals surface area contributed by atoms with Crippen LogP contribution in [0.2, 0.25) is 0 Å². The molecule has 130 valence electrons. The number of rotatable bonds is 8. The third kappa shape index (κ3) is 8.14. The number of carbonyl (C=O) groups is 1. The van der Waals surface area contributed by atoms with E-state index in [9.17, 15) is 9.90 Å². The normalized spacial score (nSPS) is 13.7. The summed E-state index contributed by atoms with van der Waals surface area (Å²) >= 11 is 0. The summed E-state index contributed by atoms with van der Waals surface area (Å²) in [5, 5.41) is 13.5. The summed E-state index contributed by atoms with van der Waals surface area (Å²) in [6.45, 7) is 13.1. The minimum Gasteiger partial charge on any atom is -0.491 e. The number of aliphatic hydroxyl groups is 1. The molecule has 4 heteroatoms. The van der Waals surface area contributed by atoms with Crippen molar-refractivity contribution in [3.8, 4) is 5.75 Å². The first kappa shape index (κ1) is 19.7. The highest BCUT2D eigenvalue weighted by Crippen LogP contribution is 2.26. The Balaban J connectivity index is 2.44. The lowest BCUT2D eigenvalue weighted by molar-refractivity contribution is 0.0941. The van der Waals surface area contributed by atoms with Crippen molar-refractivity contribution in [2.24, 2.45) is 5.41 Å². The van der Waals surface area contributed by atoms with Crippen LogP contribution in [0.5, 0.6) is 5.75 Å². The van der Waals surface area contributed by atoms with Crippen molar-refractivity contribution in [2.75, 3.05) is 13.2 Å². The van der Waals surface area contributed by atoms with E-state index in [4.69, 9.17) is 4.74 Å². The molecule has 1 rings (SSSR count). The fourth-order valence-corrected chi connectivity index (χ4v) is 2.84. The summed E-state index contributed by atoms with van der Waals surface area (Å²) in [6, 6.07) is 7.02. The maximum atomic E-state index is 11.3. The average Bonchev–Trinajstić information content (AvgIpc) is 2.41. The molecule has 1 aromatic rings. The molecule has 0 saturated heterocycles. The molecule has 0 spiro atoms. The first-order valence-electron chi connectivity index (χ1n) is 8.15. The van der Waals surface area contributed by atoms with Gasteiger partial charge >= 0.3 is 0 Å². The fourth-order valence-electron chi connectivity index (χ4n) is 2.84. The number of ether oxygens (including phenoxy) is 1. The van der Waals surface area contributed by atoms with Crippen LogP contribution in [0.4, 0.5) is 0 Å². The number of β-amino-alcohol motifs (C(OH)–C–C–N with tert-alkyl or cyclic N) is 1. The number of benzene rings is 1. The minimum absolute atomic E-state index is 0.00148. The van der Waals surface area contributed by atoms with Gasteiger partial charge in [0.2, 0.25) is 0 Å². The maximum absolute atomic E-state index is 11.3. The smallest absolute Gasteiger partial charge is 0.159 e. The van der Waals surface area contributed by atoms with Crippen molar-refractivity contribution in [3.63, 3.8) is 0 Å². The standard InChI is InChI=1S/C19H31NO3/c1-14(21)15-8-7-9-17(10-15)23-12-16(22)11-20-19(5,6)13-18(2,3)4/h7-10,16,20,22H,11-13H2,1-6H3. The first-order chi connectivity index (χ1) is 10.5. The van der Waals surface area contributed by atoms with Crippen molar-refractivity contribution >= 4 is 5.78 Å². The molecule has 1 unspecified atom stereocenters. The lowest BCUT2D eigenvalue weighted by atomic mass is 9.82. The highest BCUT2D eigenvalue weighted by Gasteiger charge is 2.25. The Morgan fingerprint density at radius 3 is 2.48 bits per heavy atom. The summed E-state index contributed by atoms with van der Waals surface area (Å²) in [6.07, 6.45) is 0.407. The van der Waals surface area contributed by atoms with E-state index < -0.39 is 6.10 Å². The van der Waals surface area contributed by atoms with Crippen LogP contribution in [0, 0.1) is 5.41 Å². The zero-order chi connectivity index (χ0) is 17.7. The van der Waals surface area contributed by atoms with E-state index in [0.717, 1.165) is 6.42 Å². The summed E-state index contributed by atoms with van der Waals surface area (Å²) in [7, 11) is 0. The van der Waals surface area contributed by atoms with Gasteiger partial charge in [-0.1, -0.05) is 32.9 Å². The number of hydrogen-bond acceptors (Lipinski definition) is 4. The minimum atomic E-state index is -0.602. The lowest BCUT2D eigenvalue weighted by Gasteiger charge is -2.34. The third-order valence-corrected chi connectivity index (χ3v) is 3.47.